The summed E-state index contributed by atoms with van der Waals surface area (Å²) in [6, 6.07) is 9.19. The molecular weight excluding hydrogens is 355 g/mol. The maximum Gasteiger partial charge on any atom is 0.264 e. The Morgan fingerprint density at radius 2 is 2.08 bits per heavy atom. The molecule has 128 valence electrons. The van der Waals surface area contributed by atoms with E-state index >= 15 is 0 Å². The number of carbonyl (C=O) groups excluding carboxylic acids is 1. The van der Waals surface area contributed by atoms with E-state index in [1.165, 1.54) is 33.9 Å². The fourth-order valence-corrected chi connectivity index (χ4v) is 5.61. The van der Waals surface area contributed by atoms with Crippen LogP contribution in [0.3, 0.4) is 0 Å². The Morgan fingerprint density at radius 3 is 2.96 bits per heavy atom. The molecule has 25 heavy (non-hydrogen) atoms. The van der Waals surface area contributed by atoms with Crippen molar-refractivity contribution >= 4 is 38.7 Å². The zero-order chi connectivity index (χ0) is 17.0. The molecule has 0 N–H and O–H groups in total. The highest BCUT2D eigenvalue weighted by molar-refractivity contribution is 7.20. The van der Waals surface area contributed by atoms with E-state index in [4.69, 9.17) is 0 Å². The van der Waals surface area contributed by atoms with Crippen LogP contribution in [-0.2, 0) is 13.0 Å². The lowest BCUT2D eigenvalue weighted by Crippen LogP contribution is -2.61. The zero-order valence-corrected chi connectivity index (χ0v) is 15.2. The molecule has 0 radical (unpaired) electrons. The second kappa shape index (κ2) is 5.90. The number of thiophene rings is 2. The second-order valence-corrected chi connectivity index (χ2v) is 8.83. The maximum atomic E-state index is 13.3. The summed E-state index contributed by atoms with van der Waals surface area (Å²) in [7, 11) is 0. The molecule has 1 amide bonds. The molecule has 2 aromatic heterocycles. The summed E-state index contributed by atoms with van der Waals surface area (Å²) >= 11 is 3.30. The largest absolute Gasteiger partial charge is 0.335 e. The number of fused-ring (bicyclic) bond motifs is 2. The van der Waals surface area contributed by atoms with Crippen molar-refractivity contribution in [2.24, 2.45) is 0 Å². The molecule has 2 aliphatic heterocycles. The second-order valence-electron chi connectivity index (χ2n) is 6.75. The van der Waals surface area contributed by atoms with E-state index in [2.05, 4.69) is 16.3 Å². The van der Waals surface area contributed by atoms with Gasteiger partial charge in [0, 0.05) is 41.8 Å². The van der Waals surface area contributed by atoms with E-state index in [0.29, 0.717) is 10.9 Å². The molecule has 0 saturated carbocycles. The third-order valence-electron chi connectivity index (χ3n) is 5.19. The quantitative estimate of drug-likeness (QED) is 0.679. The molecule has 0 aliphatic carbocycles. The monoisotopic (exact) mass is 372 g/mol. The van der Waals surface area contributed by atoms with Crippen molar-refractivity contribution in [1.82, 2.24) is 9.80 Å². The molecule has 4 heterocycles. The Balaban J connectivity index is 1.26. The first-order chi connectivity index (χ1) is 12.2. The van der Waals surface area contributed by atoms with E-state index in [-0.39, 0.29) is 11.7 Å². The van der Waals surface area contributed by atoms with Gasteiger partial charge in [-0.3, -0.25) is 9.69 Å². The van der Waals surface area contributed by atoms with Crippen molar-refractivity contribution in [3.8, 4) is 0 Å². The van der Waals surface area contributed by atoms with Crippen LogP contribution in [0.5, 0.6) is 0 Å². The summed E-state index contributed by atoms with van der Waals surface area (Å²) in [4.78, 5) is 19.3. The van der Waals surface area contributed by atoms with Crippen molar-refractivity contribution in [2.45, 2.75) is 19.0 Å². The van der Waals surface area contributed by atoms with Gasteiger partial charge in [0.15, 0.2) is 0 Å². The van der Waals surface area contributed by atoms with Crippen molar-refractivity contribution in [3.63, 3.8) is 0 Å². The Hall–Kier alpha value is -1.76. The normalized spacial score (nSPS) is 18.4. The van der Waals surface area contributed by atoms with E-state index in [1.54, 1.807) is 6.07 Å². The number of rotatable bonds is 2. The molecule has 3 nitrogen and oxygen atoms in total. The Kier molecular flexibility index (Phi) is 3.66. The molecule has 1 saturated heterocycles. The molecular formula is C19H17FN2OS2. The molecule has 6 heteroatoms. The minimum absolute atomic E-state index is 0.0751. The van der Waals surface area contributed by atoms with Gasteiger partial charge in [0.1, 0.15) is 5.82 Å². The average molecular weight is 372 g/mol. The van der Waals surface area contributed by atoms with Crippen molar-refractivity contribution < 1.29 is 9.18 Å². The molecule has 0 spiro atoms. The zero-order valence-electron chi connectivity index (χ0n) is 13.6. The summed E-state index contributed by atoms with van der Waals surface area (Å²) in [5.41, 5.74) is 1.45. The molecule has 2 aliphatic rings. The van der Waals surface area contributed by atoms with Gasteiger partial charge < -0.3 is 4.90 Å². The van der Waals surface area contributed by atoms with Crippen LogP contribution in [0.4, 0.5) is 4.39 Å². The Morgan fingerprint density at radius 1 is 1.20 bits per heavy atom. The molecule has 5 rings (SSSR count). The number of carbonyl (C=O) groups is 1. The van der Waals surface area contributed by atoms with Gasteiger partial charge in [-0.05, 0) is 53.1 Å². The van der Waals surface area contributed by atoms with Gasteiger partial charge in [0.05, 0.1) is 4.88 Å². The van der Waals surface area contributed by atoms with Crippen molar-refractivity contribution in [2.75, 3.05) is 19.6 Å². The fourth-order valence-electron chi connectivity index (χ4n) is 3.71. The highest BCUT2D eigenvalue weighted by atomic mass is 32.1. The number of benzene rings is 1. The van der Waals surface area contributed by atoms with Crippen LogP contribution in [0.1, 0.15) is 20.1 Å². The van der Waals surface area contributed by atoms with Crippen LogP contribution >= 0.6 is 22.7 Å². The highest BCUT2D eigenvalue weighted by Crippen LogP contribution is 2.31. The van der Waals surface area contributed by atoms with Crippen LogP contribution in [0.2, 0.25) is 0 Å². The van der Waals surface area contributed by atoms with Crippen LogP contribution in [0, 0.1) is 5.82 Å². The summed E-state index contributed by atoms with van der Waals surface area (Å²) in [6.07, 6.45) is 1.12. The standard InChI is InChI=1S/C19H17FN2OS2/c20-14-1-2-17-13(7-14)8-18(25-17)19(23)22-10-15(11-22)21-5-3-16-12(9-21)4-6-24-16/h1-2,4,6-8,15H,3,5,9-11H2. The number of hydrogen-bond acceptors (Lipinski definition) is 4. The molecule has 0 bridgehead atoms. The first-order valence-electron chi connectivity index (χ1n) is 8.45. The van der Waals surface area contributed by atoms with E-state index in [1.807, 2.05) is 22.3 Å². The van der Waals surface area contributed by atoms with Crippen LogP contribution < -0.4 is 0 Å². The number of nitrogens with zero attached hydrogens (tertiary/aromatic N) is 2. The van der Waals surface area contributed by atoms with Crippen LogP contribution in [0.15, 0.2) is 35.7 Å². The lowest BCUT2D eigenvalue weighted by atomic mass is 10.0. The van der Waals surface area contributed by atoms with Gasteiger partial charge >= 0.3 is 0 Å². The molecule has 1 fully saturated rings. The molecule has 0 unspecified atom stereocenters. The number of likely N-dealkylation sites (tertiary alicyclic amines) is 1. The number of halogens is 1. The Bertz CT molecular complexity index is 957. The lowest BCUT2D eigenvalue weighted by molar-refractivity contribution is 0.0224. The van der Waals surface area contributed by atoms with Gasteiger partial charge in [0.25, 0.3) is 5.91 Å². The van der Waals surface area contributed by atoms with Gasteiger partial charge in [-0.1, -0.05) is 0 Å². The predicted octanol–water partition coefficient (Wildman–Crippen LogP) is 3.98. The fraction of sp³-hybridized carbons (Fsp3) is 0.316. The van der Waals surface area contributed by atoms with Crippen LogP contribution in [-0.4, -0.2) is 41.4 Å². The SMILES string of the molecule is O=C(c1cc2cc(F)ccc2s1)N1CC(N2CCc3sccc3C2)C1. The molecule has 1 aromatic carbocycles. The summed E-state index contributed by atoms with van der Waals surface area (Å²) in [6.45, 7) is 3.68. The minimum Gasteiger partial charge on any atom is -0.335 e. The van der Waals surface area contributed by atoms with Gasteiger partial charge in [-0.25, -0.2) is 4.39 Å². The van der Waals surface area contributed by atoms with Gasteiger partial charge in [0.2, 0.25) is 0 Å². The minimum atomic E-state index is -0.258. The van der Waals surface area contributed by atoms with Crippen molar-refractivity contribution in [3.05, 3.63) is 56.8 Å². The average Bonchev–Trinajstić information content (AvgIpc) is 3.18. The molecule has 3 aromatic rings. The van der Waals surface area contributed by atoms with E-state index in [0.717, 1.165) is 42.7 Å². The van der Waals surface area contributed by atoms with E-state index in [9.17, 15) is 9.18 Å². The lowest BCUT2D eigenvalue weighted by Gasteiger charge is -2.46. The third kappa shape index (κ3) is 2.69. The van der Waals surface area contributed by atoms with Gasteiger partial charge in [-0.2, -0.15) is 0 Å². The third-order valence-corrected chi connectivity index (χ3v) is 7.32. The number of amides is 1. The predicted molar refractivity (Wildman–Crippen MR) is 99.9 cm³/mol. The smallest absolute Gasteiger partial charge is 0.264 e. The summed E-state index contributed by atoms with van der Waals surface area (Å²) < 4.78 is 14.3. The first-order valence-corrected chi connectivity index (χ1v) is 10.1. The van der Waals surface area contributed by atoms with Crippen molar-refractivity contribution in [1.29, 1.82) is 0 Å². The topological polar surface area (TPSA) is 23.6 Å². The highest BCUT2D eigenvalue weighted by Gasteiger charge is 2.36. The van der Waals surface area contributed by atoms with E-state index < -0.39 is 0 Å². The number of hydrogen-bond donors (Lipinski definition) is 0. The first kappa shape index (κ1) is 15.5. The van der Waals surface area contributed by atoms with Crippen LogP contribution in [0.25, 0.3) is 10.1 Å². The maximum absolute atomic E-state index is 13.3. The van der Waals surface area contributed by atoms with Gasteiger partial charge in [-0.15, -0.1) is 22.7 Å². The summed E-state index contributed by atoms with van der Waals surface area (Å²) in [5.74, 6) is -0.183. The summed E-state index contributed by atoms with van der Waals surface area (Å²) in [5, 5.41) is 2.99. The molecule has 0 atom stereocenters. The Labute approximate surface area is 153 Å².